The zero-order valence-electron chi connectivity index (χ0n) is 26.1. The van der Waals surface area contributed by atoms with Crippen molar-refractivity contribution in [3.63, 3.8) is 0 Å². The monoisotopic (exact) mass is 611 g/mol. The number of rotatable bonds is 5. The van der Waals surface area contributed by atoms with Gasteiger partial charge in [0.2, 0.25) is 0 Å². The van der Waals surface area contributed by atoms with Gasteiger partial charge in [0.15, 0.2) is 17.5 Å². The van der Waals surface area contributed by atoms with Crippen LogP contribution in [0.25, 0.3) is 88.7 Å². The Morgan fingerprint density at radius 1 is 0.250 bits per heavy atom. The molecule has 0 aliphatic carbocycles. The molecule has 0 saturated heterocycles. The summed E-state index contributed by atoms with van der Waals surface area (Å²) >= 11 is 0. The van der Waals surface area contributed by atoms with Crippen LogP contribution in [0.1, 0.15) is 0 Å². The van der Waals surface area contributed by atoms with Crippen LogP contribution in [0.2, 0.25) is 0 Å². The minimum Gasteiger partial charge on any atom is -0.208 e. The van der Waals surface area contributed by atoms with E-state index in [-0.39, 0.29) is 0 Å². The van der Waals surface area contributed by atoms with E-state index >= 15 is 0 Å². The van der Waals surface area contributed by atoms with Crippen LogP contribution in [0.15, 0.2) is 176 Å². The van der Waals surface area contributed by atoms with Crippen molar-refractivity contribution in [2.24, 2.45) is 0 Å². The molecule has 9 aromatic rings. The summed E-state index contributed by atoms with van der Waals surface area (Å²) in [6.45, 7) is 0. The van der Waals surface area contributed by atoms with Crippen molar-refractivity contribution in [3.05, 3.63) is 176 Å². The van der Waals surface area contributed by atoms with Crippen molar-refractivity contribution in [1.29, 1.82) is 0 Å². The van der Waals surface area contributed by atoms with Crippen molar-refractivity contribution in [2.45, 2.75) is 0 Å². The Morgan fingerprint density at radius 2 is 0.750 bits per heavy atom. The Bertz CT molecular complexity index is 2610. The molecule has 0 unspecified atom stereocenters. The highest BCUT2D eigenvalue weighted by molar-refractivity contribution is 6.13. The van der Waals surface area contributed by atoms with Gasteiger partial charge >= 0.3 is 0 Å². The quantitative estimate of drug-likeness (QED) is 0.182. The fourth-order valence-electron chi connectivity index (χ4n) is 6.65. The van der Waals surface area contributed by atoms with E-state index < -0.39 is 0 Å². The van der Waals surface area contributed by atoms with Crippen LogP contribution < -0.4 is 0 Å². The minimum absolute atomic E-state index is 0.645. The third-order valence-corrected chi connectivity index (χ3v) is 9.08. The first-order valence-electron chi connectivity index (χ1n) is 16.2. The van der Waals surface area contributed by atoms with E-state index in [1.54, 1.807) is 0 Å². The molecule has 0 amide bonds. The third kappa shape index (κ3) is 5.08. The Balaban J connectivity index is 1.17. The lowest BCUT2D eigenvalue weighted by atomic mass is 9.96. The molecule has 224 valence electrons. The fraction of sp³-hybridized carbons (Fsp3) is 0. The first-order valence-corrected chi connectivity index (χ1v) is 16.2. The number of hydrogen-bond acceptors (Lipinski definition) is 3. The summed E-state index contributed by atoms with van der Waals surface area (Å²) < 4.78 is 0. The normalized spacial score (nSPS) is 11.3. The van der Waals surface area contributed by atoms with Gasteiger partial charge in [0.05, 0.1) is 0 Å². The van der Waals surface area contributed by atoms with Gasteiger partial charge in [-0.3, -0.25) is 0 Å². The van der Waals surface area contributed by atoms with E-state index in [9.17, 15) is 0 Å². The molecule has 0 bridgehead atoms. The molecule has 8 aromatic carbocycles. The smallest absolute Gasteiger partial charge is 0.164 e. The first-order chi connectivity index (χ1) is 23.8. The van der Waals surface area contributed by atoms with Gasteiger partial charge in [0.1, 0.15) is 0 Å². The van der Waals surface area contributed by atoms with Gasteiger partial charge in [-0.1, -0.05) is 152 Å². The molecule has 0 radical (unpaired) electrons. The van der Waals surface area contributed by atoms with Gasteiger partial charge in [0.25, 0.3) is 0 Å². The molecule has 1 heterocycles. The predicted octanol–water partition coefficient (Wildman–Crippen LogP) is 11.7. The summed E-state index contributed by atoms with van der Waals surface area (Å²) in [4.78, 5) is 15.3. The van der Waals surface area contributed by atoms with Gasteiger partial charge in [-0.2, -0.15) is 0 Å². The topological polar surface area (TPSA) is 38.7 Å². The molecule has 0 fully saturated rings. The van der Waals surface area contributed by atoms with Crippen LogP contribution in [0.4, 0.5) is 0 Å². The average molecular weight is 612 g/mol. The van der Waals surface area contributed by atoms with E-state index in [2.05, 4.69) is 158 Å². The average Bonchev–Trinajstić information content (AvgIpc) is 3.17. The summed E-state index contributed by atoms with van der Waals surface area (Å²) in [6.07, 6.45) is 0. The molecule has 0 N–H and O–H groups in total. The van der Waals surface area contributed by atoms with Gasteiger partial charge in [-0.05, 0) is 78.8 Å². The van der Waals surface area contributed by atoms with Crippen molar-refractivity contribution in [2.75, 3.05) is 0 Å². The maximum Gasteiger partial charge on any atom is 0.164 e. The molecular formula is C45H29N3. The van der Waals surface area contributed by atoms with Gasteiger partial charge in [-0.15, -0.1) is 0 Å². The molecule has 1 aromatic heterocycles. The second-order valence-electron chi connectivity index (χ2n) is 12.1. The Kier molecular flexibility index (Phi) is 6.80. The van der Waals surface area contributed by atoms with Crippen LogP contribution in [-0.2, 0) is 0 Å². The van der Waals surface area contributed by atoms with Crippen LogP contribution in [0.3, 0.4) is 0 Å². The van der Waals surface area contributed by atoms with E-state index in [0.717, 1.165) is 38.6 Å². The highest BCUT2D eigenvalue weighted by Gasteiger charge is 2.16. The SMILES string of the molecule is c1ccc(-c2ccc3cc(-c4cccc(-c5nc(-c6ccccc6)nc(-c6cc7ccccc7c7ccccc67)n5)c4)ccc3c2)cc1. The largest absolute Gasteiger partial charge is 0.208 e. The van der Waals surface area contributed by atoms with E-state index in [0.29, 0.717) is 17.5 Å². The number of benzene rings is 8. The van der Waals surface area contributed by atoms with Gasteiger partial charge in [-0.25, -0.2) is 15.0 Å². The number of hydrogen-bond donors (Lipinski definition) is 0. The predicted molar refractivity (Wildman–Crippen MR) is 200 cm³/mol. The molecule has 0 atom stereocenters. The van der Waals surface area contributed by atoms with E-state index in [1.807, 2.05) is 18.2 Å². The molecule has 0 aliphatic heterocycles. The van der Waals surface area contributed by atoms with Crippen LogP contribution in [0.5, 0.6) is 0 Å². The lowest BCUT2D eigenvalue weighted by molar-refractivity contribution is 1.08. The maximum absolute atomic E-state index is 5.16. The fourth-order valence-corrected chi connectivity index (χ4v) is 6.65. The molecule has 3 heteroatoms. The molecule has 0 aliphatic rings. The molecule has 3 nitrogen and oxygen atoms in total. The Hall–Kier alpha value is -6.45. The van der Waals surface area contributed by atoms with E-state index in [1.165, 1.54) is 32.7 Å². The summed E-state index contributed by atoms with van der Waals surface area (Å²) in [7, 11) is 0. The van der Waals surface area contributed by atoms with E-state index in [4.69, 9.17) is 15.0 Å². The summed E-state index contributed by atoms with van der Waals surface area (Å²) in [5.74, 6) is 1.95. The van der Waals surface area contributed by atoms with Crippen molar-refractivity contribution in [1.82, 2.24) is 15.0 Å². The second-order valence-corrected chi connectivity index (χ2v) is 12.1. The molecule has 0 saturated carbocycles. The van der Waals surface area contributed by atoms with Crippen LogP contribution in [0, 0.1) is 0 Å². The van der Waals surface area contributed by atoms with Crippen molar-refractivity contribution >= 4 is 32.3 Å². The first kappa shape index (κ1) is 27.8. The number of fused-ring (bicyclic) bond motifs is 4. The zero-order valence-corrected chi connectivity index (χ0v) is 26.1. The summed E-state index contributed by atoms with van der Waals surface area (Å²) in [5, 5.41) is 7.09. The number of aromatic nitrogens is 3. The molecular weight excluding hydrogens is 583 g/mol. The lowest BCUT2D eigenvalue weighted by Gasteiger charge is -2.13. The zero-order chi connectivity index (χ0) is 31.9. The van der Waals surface area contributed by atoms with Crippen molar-refractivity contribution in [3.8, 4) is 56.4 Å². The van der Waals surface area contributed by atoms with Gasteiger partial charge in [0, 0.05) is 16.7 Å². The highest BCUT2D eigenvalue weighted by Crippen LogP contribution is 2.36. The lowest BCUT2D eigenvalue weighted by Crippen LogP contribution is -2.01. The number of nitrogens with zero attached hydrogens (tertiary/aromatic N) is 3. The molecule has 9 rings (SSSR count). The highest BCUT2D eigenvalue weighted by atomic mass is 15.0. The second kappa shape index (κ2) is 11.7. The molecule has 48 heavy (non-hydrogen) atoms. The summed E-state index contributed by atoms with van der Waals surface area (Å²) in [6, 6.07) is 61.8. The van der Waals surface area contributed by atoms with Crippen LogP contribution >= 0.6 is 0 Å². The van der Waals surface area contributed by atoms with Crippen molar-refractivity contribution < 1.29 is 0 Å². The standard InChI is InChI=1S/C45H29N3/c1-3-12-30(13-4-1)33-22-23-36-27-34(24-25-35(36)26-33)32-17-11-18-38(28-32)44-46-43(31-14-5-2-6-15-31)47-45(48-44)42-29-37-16-7-8-19-39(37)40-20-9-10-21-41(40)42/h1-29H. The maximum atomic E-state index is 5.16. The Labute approximate surface area is 278 Å². The minimum atomic E-state index is 0.645. The third-order valence-electron chi connectivity index (χ3n) is 9.08. The Morgan fingerprint density at radius 3 is 1.48 bits per heavy atom. The van der Waals surface area contributed by atoms with Gasteiger partial charge < -0.3 is 0 Å². The van der Waals surface area contributed by atoms with Crippen LogP contribution in [-0.4, -0.2) is 15.0 Å². The molecule has 0 spiro atoms. The summed E-state index contributed by atoms with van der Waals surface area (Å²) in [5.41, 5.74) is 7.59.